The molecule has 2 amide bonds. The summed E-state index contributed by atoms with van der Waals surface area (Å²) >= 11 is 0. The highest BCUT2D eigenvalue weighted by atomic mass is 16.6. The van der Waals surface area contributed by atoms with Gasteiger partial charge in [0.2, 0.25) is 5.91 Å². The second-order valence-corrected chi connectivity index (χ2v) is 7.76. The van der Waals surface area contributed by atoms with E-state index in [1.165, 1.54) is 0 Å². The molecule has 138 valence electrons. The van der Waals surface area contributed by atoms with Gasteiger partial charge in [-0.05, 0) is 47.0 Å². The van der Waals surface area contributed by atoms with Gasteiger partial charge in [0.15, 0.2) is 0 Å². The summed E-state index contributed by atoms with van der Waals surface area (Å²) in [4.78, 5) is 25.8. The first kappa shape index (κ1) is 19.0. The second kappa shape index (κ2) is 8.16. The van der Waals surface area contributed by atoms with Crippen molar-refractivity contribution in [3.05, 3.63) is 0 Å². The molecule has 2 N–H and O–H groups in total. The highest BCUT2D eigenvalue weighted by Crippen LogP contribution is 2.19. The Morgan fingerprint density at radius 1 is 1.33 bits per heavy atom. The minimum absolute atomic E-state index is 0.0354. The average Bonchev–Trinajstić information content (AvgIpc) is 3.28. The van der Waals surface area contributed by atoms with Crippen molar-refractivity contribution in [1.82, 2.24) is 15.5 Å². The van der Waals surface area contributed by atoms with Crippen molar-refractivity contribution >= 4 is 12.0 Å². The summed E-state index contributed by atoms with van der Waals surface area (Å²) in [6, 6.07) is 0.443. The monoisotopic (exact) mass is 341 g/mol. The fraction of sp³-hybridized carbons (Fsp3) is 0.882. The van der Waals surface area contributed by atoms with Crippen molar-refractivity contribution in [3.8, 4) is 0 Å². The molecule has 24 heavy (non-hydrogen) atoms. The van der Waals surface area contributed by atoms with Crippen molar-refractivity contribution in [2.75, 3.05) is 26.3 Å². The van der Waals surface area contributed by atoms with Crippen molar-refractivity contribution in [1.29, 1.82) is 0 Å². The van der Waals surface area contributed by atoms with E-state index in [4.69, 9.17) is 9.47 Å². The summed E-state index contributed by atoms with van der Waals surface area (Å²) in [6.45, 7) is 9.48. The number of hydrogen-bond donors (Lipinski definition) is 2. The maximum Gasteiger partial charge on any atom is 0.410 e. The largest absolute Gasteiger partial charge is 0.444 e. The number of rotatable bonds is 6. The van der Waals surface area contributed by atoms with Crippen LogP contribution in [0, 0.1) is 0 Å². The molecule has 2 unspecified atom stereocenters. The van der Waals surface area contributed by atoms with E-state index in [1.807, 2.05) is 27.7 Å². The van der Waals surface area contributed by atoms with Gasteiger partial charge in [-0.25, -0.2) is 4.79 Å². The number of amides is 2. The van der Waals surface area contributed by atoms with Crippen LogP contribution in [0.5, 0.6) is 0 Å². The third-order valence-electron chi connectivity index (χ3n) is 4.03. The molecule has 0 bridgehead atoms. The van der Waals surface area contributed by atoms with E-state index in [0.29, 0.717) is 32.3 Å². The van der Waals surface area contributed by atoms with E-state index >= 15 is 0 Å². The predicted octanol–water partition coefficient (Wildman–Crippen LogP) is 1.27. The first-order chi connectivity index (χ1) is 11.2. The highest BCUT2D eigenvalue weighted by Gasteiger charge is 2.32. The second-order valence-electron chi connectivity index (χ2n) is 7.76. The van der Waals surface area contributed by atoms with Gasteiger partial charge in [-0.3, -0.25) is 4.79 Å². The molecule has 0 radical (unpaired) electrons. The lowest BCUT2D eigenvalue weighted by atomic mass is 10.1. The van der Waals surface area contributed by atoms with Crippen molar-refractivity contribution in [2.45, 2.75) is 70.7 Å². The molecule has 0 spiro atoms. The lowest BCUT2D eigenvalue weighted by Crippen LogP contribution is -2.52. The summed E-state index contributed by atoms with van der Waals surface area (Å²) in [5, 5.41) is 6.18. The number of morpholine rings is 1. The molecule has 0 aromatic rings. The lowest BCUT2D eigenvalue weighted by molar-refractivity contribution is -0.120. The first-order valence-electron chi connectivity index (χ1n) is 8.84. The van der Waals surface area contributed by atoms with Crippen LogP contribution in [0.2, 0.25) is 0 Å². The Morgan fingerprint density at radius 2 is 2.04 bits per heavy atom. The van der Waals surface area contributed by atoms with E-state index in [0.717, 1.165) is 19.3 Å². The van der Waals surface area contributed by atoms with Crippen molar-refractivity contribution < 1.29 is 19.1 Å². The van der Waals surface area contributed by atoms with Crippen LogP contribution in [0.15, 0.2) is 0 Å². The molecule has 1 heterocycles. The summed E-state index contributed by atoms with van der Waals surface area (Å²) in [5.74, 6) is 0.0354. The van der Waals surface area contributed by atoms with Gasteiger partial charge >= 0.3 is 6.09 Å². The average molecular weight is 341 g/mol. The molecule has 1 saturated heterocycles. The van der Waals surface area contributed by atoms with Crippen molar-refractivity contribution in [3.63, 3.8) is 0 Å². The maximum atomic E-state index is 12.4. The molecular formula is C17H31N3O4. The SMILES string of the molecule is CC(CC1COCCN1C(=O)OC(C)(C)C)NCC(=O)NC1CC1. The van der Waals surface area contributed by atoms with Crippen LogP contribution in [0.3, 0.4) is 0 Å². The molecule has 7 nitrogen and oxygen atoms in total. The predicted molar refractivity (Wildman–Crippen MR) is 90.8 cm³/mol. The van der Waals surface area contributed by atoms with E-state index in [-0.39, 0.29) is 24.1 Å². The minimum atomic E-state index is -0.509. The van der Waals surface area contributed by atoms with Crippen molar-refractivity contribution in [2.24, 2.45) is 0 Å². The van der Waals surface area contributed by atoms with Gasteiger partial charge in [-0.2, -0.15) is 0 Å². The van der Waals surface area contributed by atoms with Gasteiger partial charge in [0.25, 0.3) is 0 Å². The fourth-order valence-corrected chi connectivity index (χ4v) is 2.68. The Kier molecular flexibility index (Phi) is 6.46. The zero-order valence-corrected chi connectivity index (χ0v) is 15.3. The Bertz CT molecular complexity index is 446. The van der Waals surface area contributed by atoms with Gasteiger partial charge in [0.1, 0.15) is 5.60 Å². The number of ether oxygens (including phenoxy) is 2. The van der Waals surface area contributed by atoms with E-state index in [9.17, 15) is 9.59 Å². The Balaban J connectivity index is 1.78. The highest BCUT2D eigenvalue weighted by molar-refractivity contribution is 5.78. The summed E-state index contributed by atoms with van der Waals surface area (Å²) < 4.78 is 11.0. The third-order valence-corrected chi connectivity index (χ3v) is 4.03. The molecule has 1 aliphatic heterocycles. The molecule has 2 aliphatic rings. The Morgan fingerprint density at radius 3 is 2.67 bits per heavy atom. The lowest BCUT2D eigenvalue weighted by Gasteiger charge is -2.37. The molecule has 2 fully saturated rings. The van der Waals surface area contributed by atoms with Crippen LogP contribution in [0.4, 0.5) is 4.79 Å². The Labute approximate surface area is 144 Å². The number of hydrogen-bond acceptors (Lipinski definition) is 5. The minimum Gasteiger partial charge on any atom is -0.444 e. The van der Waals surface area contributed by atoms with Gasteiger partial charge in [-0.15, -0.1) is 0 Å². The van der Waals surface area contributed by atoms with Crippen LogP contribution in [0.25, 0.3) is 0 Å². The van der Waals surface area contributed by atoms with Crippen LogP contribution >= 0.6 is 0 Å². The van der Waals surface area contributed by atoms with E-state index < -0.39 is 5.60 Å². The maximum absolute atomic E-state index is 12.4. The molecular weight excluding hydrogens is 310 g/mol. The third kappa shape index (κ3) is 6.65. The molecule has 7 heteroatoms. The van der Waals surface area contributed by atoms with Gasteiger partial charge in [0, 0.05) is 18.6 Å². The van der Waals surface area contributed by atoms with Crippen LogP contribution in [0.1, 0.15) is 47.0 Å². The van der Waals surface area contributed by atoms with Crippen LogP contribution in [-0.2, 0) is 14.3 Å². The molecule has 0 aromatic heterocycles. The zero-order valence-electron chi connectivity index (χ0n) is 15.3. The summed E-state index contributed by atoms with van der Waals surface area (Å²) in [5.41, 5.74) is -0.509. The number of nitrogens with one attached hydrogen (secondary N) is 2. The Hall–Kier alpha value is -1.34. The van der Waals surface area contributed by atoms with E-state index in [2.05, 4.69) is 10.6 Å². The van der Waals surface area contributed by atoms with Gasteiger partial charge < -0.3 is 25.0 Å². The van der Waals surface area contributed by atoms with Gasteiger partial charge in [-0.1, -0.05) is 0 Å². The zero-order chi connectivity index (χ0) is 17.7. The van der Waals surface area contributed by atoms with E-state index in [1.54, 1.807) is 4.90 Å². The molecule has 1 aliphatic carbocycles. The number of carbonyl (C=O) groups excluding carboxylic acids is 2. The number of carbonyl (C=O) groups is 2. The molecule has 1 saturated carbocycles. The van der Waals surface area contributed by atoms with Crippen LogP contribution in [-0.4, -0.2) is 66.9 Å². The topological polar surface area (TPSA) is 79.9 Å². The normalized spacial score (nSPS) is 22.8. The first-order valence-corrected chi connectivity index (χ1v) is 8.84. The van der Waals surface area contributed by atoms with Gasteiger partial charge in [0.05, 0.1) is 25.8 Å². The molecule has 0 aromatic carbocycles. The summed E-state index contributed by atoms with van der Waals surface area (Å²) in [6.07, 6.45) is 2.60. The fourth-order valence-electron chi connectivity index (χ4n) is 2.68. The van der Waals surface area contributed by atoms with Crippen LogP contribution < -0.4 is 10.6 Å². The smallest absolute Gasteiger partial charge is 0.410 e. The quantitative estimate of drug-likeness (QED) is 0.760. The summed E-state index contributed by atoms with van der Waals surface area (Å²) in [7, 11) is 0. The molecule has 2 atom stereocenters. The standard InChI is InChI=1S/C17H31N3O4/c1-12(18-10-15(21)19-13-5-6-13)9-14-11-23-8-7-20(14)16(22)24-17(2,3)4/h12-14,18H,5-11H2,1-4H3,(H,19,21). The number of nitrogens with zero attached hydrogens (tertiary/aromatic N) is 1. The molecule has 2 rings (SSSR count).